The first kappa shape index (κ1) is 23.8. The fraction of sp³-hybridized carbons (Fsp3) is 0.308. The van der Waals surface area contributed by atoms with Crippen LogP contribution in [0.25, 0.3) is 11.3 Å². The number of carbonyl (C=O) groups is 1. The lowest BCUT2D eigenvalue weighted by Crippen LogP contribution is -2.24. The average Bonchev–Trinajstić information content (AvgIpc) is 3.46. The topological polar surface area (TPSA) is 70.1 Å². The summed E-state index contributed by atoms with van der Waals surface area (Å²) in [4.78, 5) is 21.9. The number of rotatable bonds is 6. The maximum Gasteiger partial charge on any atom is 0.418 e. The van der Waals surface area contributed by atoms with Crippen LogP contribution in [-0.4, -0.2) is 38.3 Å². The Balaban J connectivity index is 1.43. The molecule has 10 heteroatoms. The summed E-state index contributed by atoms with van der Waals surface area (Å²) in [6.07, 6.45) is -3.86. The molecule has 0 bridgehead atoms. The van der Waals surface area contributed by atoms with E-state index in [2.05, 4.69) is 4.98 Å². The first-order valence-corrected chi connectivity index (χ1v) is 11.3. The quantitative estimate of drug-likeness (QED) is 0.433. The molecule has 36 heavy (non-hydrogen) atoms. The van der Waals surface area contributed by atoms with Gasteiger partial charge in [-0.05, 0) is 30.2 Å². The summed E-state index contributed by atoms with van der Waals surface area (Å²) in [6, 6.07) is 12.7. The number of alkyl halides is 3. The second-order valence-corrected chi connectivity index (χ2v) is 8.48. The van der Waals surface area contributed by atoms with Crippen molar-refractivity contribution in [2.45, 2.75) is 24.9 Å². The van der Waals surface area contributed by atoms with Crippen LogP contribution in [0.2, 0.25) is 0 Å². The second-order valence-electron chi connectivity index (χ2n) is 8.48. The third kappa shape index (κ3) is 4.38. The number of nitrogens with zero attached hydrogens (tertiary/aromatic N) is 2. The Morgan fingerprint density at radius 2 is 2.00 bits per heavy atom. The van der Waals surface area contributed by atoms with Crippen molar-refractivity contribution in [3.05, 3.63) is 65.2 Å². The van der Waals surface area contributed by atoms with Gasteiger partial charge in [-0.15, -0.1) is 0 Å². The van der Waals surface area contributed by atoms with Gasteiger partial charge in [-0.3, -0.25) is 4.79 Å². The molecule has 2 aromatic carbocycles. The van der Waals surface area contributed by atoms with E-state index in [0.717, 1.165) is 11.6 Å². The van der Waals surface area contributed by atoms with Crippen molar-refractivity contribution in [1.82, 2.24) is 4.98 Å². The zero-order chi connectivity index (χ0) is 25.4. The molecule has 1 aromatic heterocycles. The maximum atomic E-state index is 13.8. The van der Waals surface area contributed by atoms with Gasteiger partial charge in [0.25, 0.3) is 0 Å². The van der Waals surface area contributed by atoms with E-state index in [-0.39, 0.29) is 29.9 Å². The molecule has 2 aliphatic heterocycles. The number of hydroxylamine groups is 1. The summed E-state index contributed by atoms with van der Waals surface area (Å²) >= 11 is 0. The zero-order valence-corrected chi connectivity index (χ0v) is 19.6. The Bertz CT molecular complexity index is 1310. The normalized spacial score (nSPS) is 16.2. The van der Waals surface area contributed by atoms with Crippen LogP contribution in [0.1, 0.15) is 29.0 Å². The molecule has 7 nitrogen and oxygen atoms in total. The van der Waals surface area contributed by atoms with Crippen LogP contribution >= 0.6 is 0 Å². The van der Waals surface area contributed by atoms with E-state index in [4.69, 9.17) is 19.0 Å². The Labute approximate surface area is 205 Å². The van der Waals surface area contributed by atoms with Crippen LogP contribution in [0.3, 0.4) is 0 Å². The minimum Gasteiger partial charge on any atom is -0.492 e. The SMILES string of the molecule is COC(=O)C[C@@H]1COc2cc(ON3CCc4c(-c5nc(OC)ccc5C(F)(F)F)cccc43)ccc21. The van der Waals surface area contributed by atoms with E-state index in [1.54, 1.807) is 35.4 Å². The van der Waals surface area contributed by atoms with Gasteiger partial charge < -0.3 is 19.0 Å². The third-order valence-electron chi connectivity index (χ3n) is 6.35. The summed E-state index contributed by atoms with van der Waals surface area (Å²) in [5, 5.41) is 1.65. The van der Waals surface area contributed by atoms with E-state index >= 15 is 0 Å². The van der Waals surface area contributed by atoms with Gasteiger partial charge in [0.2, 0.25) is 5.88 Å². The van der Waals surface area contributed by atoms with Gasteiger partial charge in [-0.2, -0.15) is 13.2 Å². The molecule has 0 N–H and O–H groups in total. The standard InChI is InChI=1S/C26H23F3N2O5/c1-33-23-9-8-20(26(27,28)29)25(30-23)19-4-3-5-21-18(19)10-11-31(21)36-16-6-7-17-15(12-24(32)34-2)14-35-22(17)13-16/h3-9,13,15H,10-12,14H2,1-2H3/t15-/m1/s1. The van der Waals surface area contributed by atoms with Gasteiger partial charge in [0.15, 0.2) is 5.75 Å². The third-order valence-corrected chi connectivity index (χ3v) is 6.35. The second kappa shape index (κ2) is 9.25. The van der Waals surface area contributed by atoms with Gasteiger partial charge in [0, 0.05) is 29.2 Å². The van der Waals surface area contributed by atoms with Crippen LogP contribution in [-0.2, 0) is 22.1 Å². The maximum absolute atomic E-state index is 13.8. The fourth-order valence-corrected chi connectivity index (χ4v) is 4.61. The van der Waals surface area contributed by atoms with Crippen LogP contribution in [0.4, 0.5) is 18.9 Å². The van der Waals surface area contributed by atoms with E-state index < -0.39 is 11.7 Å². The molecular formula is C26H23F3N2O5. The smallest absolute Gasteiger partial charge is 0.418 e. The van der Waals surface area contributed by atoms with Crippen molar-refractivity contribution < 1.29 is 37.0 Å². The molecule has 2 aliphatic rings. The number of carbonyl (C=O) groups excluding carboxylic acids is 1. The van der Waals surface area contributed by atoms with Gasteiger partial charge >= 0.3 is 12.1 Å². The Kier molecular flexibility index (Phi) is 6.11. The van der Waals surface area contributed by atoms with Crippen molar-refractivity contribution in [1.29, 1.82) is 0 Å². The van der Waals surface area contributed by atoms with Crippen LogP contribution in [0.5, 0.6) is 17.4 Å². The van der Waals surface area contributed by atoms with Crippen molar-refractivity contribution in [3.8, 4) is 28.6 Å². The van der Waals surface area contributed by atoms with Crippen LogP contribution in [0, 0.1) is 0 Å². The minimum absolute atomic E-state index is 0.0882. The highest BCUT2D eigenvalue weighted by Crippen LogP contribution is 2.43. The van der Waals surface area contributed by atoms with Gasteiger partial charge in [-0.1, -0.05) is 18.2 Å². The van der Waals surface area contributed by atoms with Crippen molar-refractivity contribution in [2.75, 3.05) is 32.4 Å². The molecule has 1 atom stereocenters. The highest BCUT2D eigenvalue weighted by atomic mass is 19.4. The summed E-state index contributed by atoms with van der Waals surface area (Å²) in [5.74, 6) is 0.853. The number of anilines is 1. The van der Waals surface area contributed by atoms with Gasteiger partial charge in [0.1, 0.15) is 5.75 Å². The monoisotopic (exact) mass is 500 g/mol. The molecule has 0 amide bonds. The number of benzene rings is 2. The Hall–Kier alpha value is -3.95. The number of hydrogen-bond acceptors (Lipinski definition) is 7. The van der Waals surface area contributed by atoms with Gasteiger partial charge in [-0.25, -0.2) is 10.0 Å². The van der Waals surface area contributed by atoms with Gasteiger partial charge in [0.05, 0.1) is 50.7 Å². The number of aromatic nitrogens is 1. The number of esters is 1. The number of halogens is 3. The largest absolute Gasteiger partial charge is 0.492 e. The number of ether oxygens (including phenoxy) is 3. The summed E-state index contributed by atoms with van der Waals surface area (Å²) in [7, 11) is 2.71. The van der Waals surface area contributed by atoms with Crippen LogP contribution < -0.4 is 19.4 Å². The highest BCUT2D eigenvalue weighted by molar-refractivity contribution is 5.76. The number of hydrogen-bond donors (Lipinski definition) is 0. The van der Waals surface area contributed by atoms with Crippen molar-refractivity contribution in [2.24, 2.45) is 0 Å². The lowest BCUT2D eigenvalue weighted by molar-refractivity contribution is -0.141. The Morgan fingerprint density at radius 3 is 2.75 bits per heavy atom. The molecule has 3 heterocycles. The van der Waals surface area contributed by atoms with E-state index in [1.165, 1.54) is 20.3 Å². The lowest BCUT2D eigenvalue weighted by atomic mass is 9.98. The van der Waals surface area contributed by atoms with Crippen molar-refractivity contribution >= 4 is 11.7 Å². The van der Waals surface area contributed by atoms with E-state index in [0.29, 0.717) is 47.9 Å². The van der Waals surface area contributed by atoms with E-state index in [9.17, 15) is 18.0 Å². The number of methoxy groups -OCH3 is 2. The summed E-state index contributed by atoms with van der Waals surface area (Å²) in [6.45, 7) is 0.819. The summed E-state index contributed by atoms with van der Waals surface area (Å²) < 4.78 is 56.9. The lowest BCUT2D eigenvalue weighted by Gasteiger charge is -2.21. The number of pyridine rings is 1. The zero-order valence-electron chi connectivity index (χ0n) is 19.6. The predicted octanol–water partition coefficient (Wildman–Crippen LogP) is 5.17. The molecule has 0 unspecified atom stereocenters. The molecule has 188 valence electrons. The minimum atomic E-state index is -4.57. The molecule has 0 spiro atoms. The molecule has 0 radical (unpaired) electrons. The fourth-order valence-electron chi connectivity index (χ4n) is 4.61. The van der Waals surface area contributed by atoms with Crippen molar-refractivity contribution in [3.63, 3.8) is 0 Å². The van der Waals surface area contributed by atoms with Crippen LogP contribution in [0.15, 0.2) is 48.5 Å². The molecule has 3 aromatic rings. The highest BCUT2D eigenvalue weighted by Gasteiger charge is 2.36. The Morgan fingerprint density at radius 1 is 1.17 bits per heavy atom. The summed E-state index contributed by atoms with van der Waals surface area (Å²) in [5.41, 5.74) is 1.65. The predicted molar refractivity (Wildman–Crippen MR) is 124 cm³/mol. The molecule has 0 aliphatic carbocycles. The molecule has 0 fully saturated rings. The molecule has 5 rings (SSSR count). The molecule has 0 saturated carbocycles. The average molecular weight is 500 g/mol. The number of fused-ring (bicyclic) bond motifs is 2. The molecule has 0 saturated heterocycles. The first-order valence-electron chi connectivity index (χ1n) is 11.3. The van der Waals surface area contributed by atoms with E-state index in [1.807, 2.05) is 6.07 Å². The first-order chi connectivity index (χ1) is 17.3. The molecular weight excluding hydrogens is 477 g/mol.